The average molecular weight is 442 g/mol. The van der Waals surface area contributed by atoms with Gasteiger partial charge in [-0.15, -0.1) is 0 Å². The van der Waals surface area contributed by atoms with Gasteiger partial charge in [0.2, 0.25) is 0 Å². The molecule has 1 aliphatic rings. The Balaban J connectivity index is 1.63. The predicted octanol–water partition coefficient (Wildman–Crippen LogP) is 4.45. The summed E-state index contributed by atoms with van der Waals surface area (Å²) in [6.07, 6.45) is 0. The number of aromatic amines is 2. The van der Waals surface area contributed by atoms with Crippen molar-refractivity contribution >= 4 is 55.2 Å². The second-order valence-corrected chi connectivity index (χ2v) is 8.48. The molecular formula is C28H14N2O4. The maximum absolute atomic E-state index is 14.0. The zero-order chi connectivity index (χ0) is 23.1. The summed E-state index contributed by atoms with van der Waals surface area (Å²) in [5, 5.41) is 1.68. The summed E-state index contributed by atoms with van der Waals surface area (Å²) >= 11 is 0. The Kier molecular flexibility index (Phi) is 3.50. The van der Waals surface area contributed by atoms with Gasteiger partial charge < -0.3 is 9.97 Å². The normalized spacial score (nSPS) is 13.1. The van der Waals surface area contributed by atoms with Gasteiger partial charge in [-0.25, -0.2) is 0 Å². The molecule has 0 fully saturated rings. The largest absolute Gasteiger partial charge is 0.354 e. The number of hydrogen-bond donors (Lipinski definition) is 2. The molecule has 6 nitrogen and oxygen atoms in total. The molecule has 0 bridgehead atoms. The third kappa shape index (κ3) is 2.24. The molecule has 160 valence electrons. The minimum absolute atomic E-state index is 0.152. The van der Waals surface area contributed by atoms with Crippen LogP contribution in [0, 0.1) is 0 Å². The van der Waals surface area contributed by atoms with Crippen LogP contribution in [-0.4, -0.2) is 21.5 Å². The number of nitrogens with one attached hydrogen (secondary N) is 2. The van der Waals surface area contributed by atoms with E-state index in [2.05, 4.69) is 9.97 Å². The molecule has 4 aromatic carbocycles. The monoisotopic (exact) mass is 442 g/mol. The number of ketones is 2. The van der Waals surface area contributed by atoms with Crippen LogP contribution in [0.1, 0.15) is 31.8 Å². The van der Waals surface area contributed by atoms with E-state index in [0.717, 1.165) is 0 Å². The van der Waals surface area contributed by atoms with Gasteiger partial charge in [-0.3, -0.25) is 19.2 Å². The molecule has 2 heterocycles. The second-order valence-electron chi connectivity index (χ2n) is 8.48. The van der Waals surface area contributed by atoms with Crippen LogP contribution in [0.4, 0.5) is 0 Å². The van der Waals surface area contributed by atoms with Crippen molar-refractivity contribution in [1.29, 1.82) is 0 Å². The van der Waals surface area contributed by atoms with Crippen LogP contribution >= 0.6 is 0 Å². The van der Waals surface area contributed by atoms with Crippen LogP contribution in [0.2, 0.25) is 0 Å². The Hall–Kier alpha value is -4.84. The fourth-order valence-corrected chi connectivity index (χ4v) is 5.10. The highest BCUT2D eigenvalue weighted by Crippen LogP contribution is 2.34. The Morgan fingerprint density at radius 3 is 1.35 bits per heavy atom. The van der Waals surface area contributed by atoms with Gasteiger partial charge in [0.15, 0.2) is 22.4 Å². The van der Waals surface area contributed by atoms with E-state index < -0.39 is 5.78 Å². The van der Waals surface area contributed by atoms with Crippen molar-refractivity contribution in [3.8, 4) is 0 Å². The minimum Gasteiger partial charge on any atom is -0.354 e. The first-order valence-electron chi connectivity index (χ1n) is 10.8. The summed E-state index contributed by atoms with van der Waals surface area (Å²) in [6, 6.07) is 20.4. The zero-order valence-electron chi connectivity index (χ0n) is 17.6. The summed E-state index contributed by atoms with van der Waals surface area (Å²) in [7, 11) is 0. The van der Waals surface area contributed by atoms with Crippen molar-refractivity contribution in [3.05, 3.63) is 115 Å². The molecule has 0 saturated heterocycles. The maximum atomic E-state index is 14.0. The van der Waals surface area contributed by atoms with Crippen LogP contribution in [-0.2, 0) is 0 Å². The van der Waals surface area contributed by atoms with Crippen molar-refractivity contribution < 1.29 is 9.59 Å². The number of rotatable bonds is 0. The first-order valence-corrected chi connectivity index (χ1v) is 10.8. The standard InChI is InChI=1S/C28H14N2O4/c31-25-13-5-1-3-7-19(13)29-23-17(25)11-9-15-21(23)28(34)22-16(27(15)33)10-12-18-24(22)30-20-8-4-2-6-14(20)26(18)32/h1-12H,(H,29,31)(H,30,32). The number of benzene rings is 4. The van der Waals surface area contributed by atoms with Gasteiger partial charge in [-0.1, -0.05) is 24.3 Å². The number of H-pyrrole nitrogens is 2. The quantitative estimate of drug-likeness (QED) is 0.339. The van der Waals surface area contributed by atoms with Crippen molar-refractivity contribution in [3.63, 3.8) is 0 Å². The third-order valence-electron chi connectivity index (χ3n) is 6.71. The minimum atomic E-state index is -0.405. The number of fused-ring (bicyclic) bond motifs is 8. The Morgan fingerprint density at radius 1 is 0.441 bits per heavy atom. The van der Waals surface area contributed by atoms with E-state index in [1.807, 2.05) is 0 Å². The smallest absolute Gasteiger partial charge is 0.198 e. The molecule has 0 amide bonds. The van der Waals surface area contributed by atoms with E-state index in [1.54, 1.807) is 60.7 Å². The zero-order valence-corrected chi connectivity index (χ0v) is 17.6. The summed E-state index contributed by atoms with van der Waals surface area (Å²) in [5.41, 5.74) is 2.16. The van der Waals surface area contributed by atoms with E-state index in [9.17, 15) is 19.2 Å². The highest BCUT2D eigenvalue weighted by atomic mass is 16.1. The Labute approximate surface area is 190 Å². The molecule has 2 N–H and O–H groups in total. The molecule has 7 rings (SSSR count). The van der Waals surface area contributed by atoms with E-state index in [0.29, 0.717) is 43.6 Å². The van der Waals surface area contributed by atoms with Crippen molar-refractivity contribution in [2.75, 3.05) is 0 Å². The number of para-hydroxylation sites is 2. The van der Waals surface area contributed by atoms with Gasteiger partial charge in [0.25, 0.3) is 0 Å². The van der Waals surface area contributed by atoms with Gasteiger partial charge in [-0.2, -0.15) is 0 Å². The van der Waals surface area contributed by atoms with Crippen molar-refractivity contribution in [2.24, 2.45) is 0 Å². The summed E-state index contributed by atoms with van der Waals surface area (Å²) < 4.78 is 0. The number of carbonyl (C=O) groups excluding carboxylic acids is 2. The van der Waals surface area contributed by atoms with Gasteiger partial charge in [-0.05, 0) is 48.5 Å². The number of hydrogen-bond acceptors (Lipinski definition) is 4. The van der Waals surface area contributed by atoms with E-state index >= 15 is 0 Å². The van der Waals surface area contributed by atoms with Crippen LogP contribution in [0.3, 0.4) is 0 Å². The molecule has 6 heteroatoms. The van der Waals surface area contributed by atoms with Gasteiger partial charge in [0, 0.05) is 43.7 Å². The Morgan fingerprint density at radius 2 is 0.882 bits per heavy atom. The lowest BCUT2D eigenvalue weighted by Crippen LogP contribution is -2.24. The first-order chi connectivity index (χ1) is 16.5. The topological polar surface area (TPSA) is 99.9 Å². The SMILES string of the molecule is O=C1c2ccc3c(=O)c4ccccc4[nH]c3c2C(=O)c2c1ccc1c(=O)c3ccccc3[nH]c21. The molecule has 0 spiro atoms. The molecular weight excluding hydrogens is 428 g/mol. The van der Waals surface area contributed by atoms with Crippen LogP contribution in [0.25, 0.3) is 43.6 Å². The van der Waals surface area contributed by atoms with E-state index in [1.165, 1.54) is 12.1 Å². The highest BCUT2D eigenvalue weighted by Gasteiger charge is 2.34. The predicted molar refractivity (Wildman–Crippen MR) is 131 cm³/mol. The lowest BCUT2D eigenvalue weighted by atomic mass is 9.81. The van der Waals surface area contributed by atoms with Crippen LogP contribution < -0.4 is 10.9 Å². The molecule has 0 saturated carbocycles. The number of aromatic nitrogens is 2. The summed E-state index contributed by atoms with van der Waals surface area (Å²) in [6.45, 7) is 0. The van der Waals surface area contributed by atoms with Gasteiger partial charge in [0.05, 0.1) is 22.2 Å². The van der Waals surface area contributed by atoms with E-state index in [4.69, 9.17) is 0 Å². The van der Waals surface area contributed by atoms with Gasteiger partial charge in [0.1, 0.15) is 0 Å². The van der Waals surface area contributed by atoms with Crippen molar-refractivity contribution in [1.82, 2.24) is 9.97 Å². The fourth-order valence-electron chi connectivity index (χ4n) is 5.10. The Bertz CT molecular complexity index is 1900. The third-order valence-corrected chi connectivity index (χ3v) is 6.71. The number of carbonyl (C=O) groups is 2. The van der Waals surface area contributed by atoms with E-state index in [-0.39, 0.29) is 38.9 Å². The van der Waals surface area contributed by atoms with Gasteiger partial charge >= 0.3 is 0 Å². The first kappa shape index (κ1) is 18.7. The summed E-state index contributed by atoms with van der Waals surface area (Å²) in [5.74, 6) is -0.728. The molecule has 0 unspecified atom stereocenters. The van der Waals surface area contributed by atoms with Crippen LogP contribution in [0.15, 0.2) is 82.4 Å². The summed E-state index contributed by atoms with van der Waals surface area (Å²) in [4.78, 5) is 60.2. The fraction of sp³-hybridized carbons (Fsp3) is 0. The molecule has 34 heavy (non-hydrogen) atoms. The van der Waals surface area contributed by atoms with Crippen molar-refractivity contribution in [2.45, 2.75) is 0 Å². The molecule has 0 atom stereocenters. The molecule has 2 aromatic heterocycles. The second kappa shape index (κ2) is 6.36. The van der Waals surface area contributed by atoms with Crippen LogP contribution in [0.5, 0.6) is 0 Å². The molecule has 1 aliphatic carbocycles. The average Bonchev–Trinajstić information content (AvgIpc) is 2.86. The maximum Gasteiger partial charge on any atom is 0.198 e. The highest BCUT2D eigenvalue weighted by molar-refractivity contribution is 6.35. The molecule has 0 radical (unpaired) electrons. The molecule has 0 aliphatic heterocycles. The lowest BCUT2D eigenvalue weighted by Gasteiger charge is -2.20. The number of pyridine rings is 2. The lowest BCUT2D eigenvalue weighted by molar-refractivity contribution is 0.0981. The molecule has 6 aromatic rings.